The van der Waals surface area contributed by atoms with Crippen LogP contribution in [0.2, 0.25) is 0 Å². The molecule has 1 N–H and O–H groups in total. The van der Waals surface area contributed by atoms with Crippen LogP contribution < -0.4 is 4.90 Å². The maximum atomic E-state index is 2.28. The van der Waals surface area contributed by atoms with Gasteiger partial charge >= 0.3 is 0 Å². The molecule has 0 radical (unpaired) electrons. The zero-order chi connectivity index (χ0) is 6.15. The van der Waals surface area contributed by atoms with E-state index in [0.717, 1.165) is 12.1 Å². The standard InChI is InChI=1S/C7H13N/c1-6-4-5-7(2)8(6)3/h4-7H,1-3H3/p+1. The Morgan fingerprint density at radius 1 is 1.12 bits per heavy atom. The van der Waals surface area contributed by atoms with Crippen molar-refractivity contribution in [1.29, 1.82) is 0 Å². The third-order valence-electron chi connectivity index (χ3n) is 2.12. The van der Waals surface area contributed by atoms with Crippen molar-refractivity contribution in [2.24, 2.45) is 0 Å². The lowest BCUT2D eigenvalue weighted by atomic mass is 10.3. The summed E-state index contributed by atoms with van der Waals surface area (Å²) >= 11 is 0. The molecule has 46 valence electrons. The molecule has 0 amide bonds. The van der Waals surface area contributed by atoms with Crippen molar-refractivity contribution in [2.75, 3.05) is 7.05 Å². The highest BCUT2D eigenvalue weighted by Gasteiger charge is 2.20. The van der Waals surface area contributed by atoms with Gasteiger partial charge in [0.05, 0.1) is 7.05 Å². The Hall–Kier alpha value is -0.300. The number of quaternary nitrogens is 1. The third kappa shape index (κ3) is 0.781. The molecule has 2 atom stereocenters. The molecule has 2 unspecified atom stereocenters. The Labute approximate surface area is 51.0 Å². The minimum Gasteiger partial charge on any atom is -0.326 e. The van der Waals surface area contributed by atoms with Gasteiger partial charge in [-0.3, -0.25) is 0 Å². The lowest BCUT2D eigenvalue weighted by Crippen LogP contribution is -3.13. The summed E-state index contributed by atoms with van der Waals surface area (Å²) in [4.78, 5) is 1.60. The fraction of sp³-hybridized carbons (Fsp3) is 0.714. The van der Waals surface area contributed by atoms with E-state index in [4.69, 9.17) is 0 Å². The molecule has 0 saturated carbocycles. The van der Waals surface area contributed by atoms with Crippen molar-refractivity contribution in [2.45, 2.75) is 25.9 Å². The Morgan fingerprint density at radius 2 is 1.50 bits per heavy atom. The van der Waals surface area contributed by atoms with E-state index < -0.39 is 0 Å². The largest absolute Gasteiger partial charge is 0.326 e. The van der Waals surface area contributed by atoms with Gasteiger partial charge in [0.15, 0.2) is 0 Å². The van der Waals surface area contributed by atoms with Crippen LogP contribution in [-0.4, -0.2) is 19.1 Å². The van der Waals surface area contributed by atoms with Gasteiger partial charge in [0.1, 0.15) is 12.1 Å². The lowest BCUT2D eigenvalue weighted by Gasteiger charge is -2.16. The summed E-state index contributed by atoms with van der Waals surface area (Å²) in [6.45, 7) is 4.49. The molecular weight excluding hydrogens is 98.1 g/mol. The minimum atomic E-state index is 0.727. The summed E-state index contributed by atoms with van der Waals surface area (Å²) in [6.07, 6.45) is 4.56. The highest BCUT2D eigenvalue weighted by atomic mass is 15.2. The van der Waals surface area contributed by atoms with Gasteiger partial charge in [-0.05, 0) is 26.0 Å². The van der Waals surface area contributed by atoms with Crippen molar-refractivity contribution in [3.8, 4) is 0 Å². The first-order valence-corrected chi connectivity index (χ1v) is 3.23. The van der Waals surface area contributed by atoms with Gasteiger partial charge in [-0.15, -0.1) is 0 Å². The van der Waals surface area contributed by atoms with E-state index in [0.29, 0.717) is 0 Å². The number of nitrogens with one attached hydrogen (secondary N) is 1. The molecular formula is C7H14N+. The van der Waals surface area contributed by atoms with Crippen LogP contribution in [0.3, 0.4) is 0 Å². The van der Waals surface area contributed by atoms with Crippen LogP contribution in [0.4, 0.5) is 0 Å². The van der Waals surface area contributed by atoms with E-state index in [1.54, 1.807) is 4.90 Å². The number of rotatable bonds is 0. The predicted molar refractivity (Wildman–Crippen MR) is 35.0 cm³/mol. The minimum absolute atomic E-state index is 0.727. The van der Waals surface area contributed by atoms with Gasteiger partial charge in [-0.2, -0.15) is 0 Å². The fourth-order valence-corrected chi connectivity index (χ4v) is 1.05. The Bertz CT molecular complexity index is 95.0. The third-order valence-corrected chi connectivity index (χ3v) is 2.12. The van der Waals surface area contributed by atoms with Crippen LogP contribution in [0.5, 0.6) is 0 Å². The Kier molecular flexibility index (Phi) is 1.39. The fourth-order valence-electron chi connectivity index (χ4n) is 1.05. The highest BCUT2D eigenvalue weighted by molar-refractivity contribution is 4.95. The van der Waals surface area contributed by atoms with Crippen LogP contribution >= 0.6 is 0 Å². The lowest BCUT2D eigenvalue weighted by molar-refractivity contribution is -0.907. The average Bonchev–Trinajstić information content (AvgIpc) is 1.98. The molecule has 1 heterocycles. The number of hydrogen-bond acceptors (Lipinski definition) is 0. The first kappa shape index (κ1) is 5.83. The molecule has 1 heteroatoms. The molecule has 0 spiro atoms. The predicted octanol–water partition coefficient (Wildman–Crippen LogP) is -0.152. The molecule has 0 saturated heterocycles. The van der Waals surface area contributed by atoms with Gasteiger partial charge in [0.2, 0.25) is 0 Å². The van der Waals surface area contributed by atoms with Gasteiger partial charge in [-0.25, -0.2) is 0 Å². The molecule has 0 aromatic rings. The van der Waals surface area contributed by atoms with Crippen LogP contribution in [0.1, 0.15) is 13.8 Å². The molecule has 1 aliphatic rings. The second-order valence-corrected chi connectivity index (χ2v) is 2.71. The quantitative estimate of drug-likeness (QED) is 0.416. The molecule has 1 aliphatic heterocycles. The van der Waals surface area contributed by atoms with Crippen LogP contribution in [-0.2, 0) is 0 Å². The second kappa shape index (κ2) is 1.90. The molecule has 0 aliphatic carbocycles. The van der Waals surface area contributed by atoms with Crippen molar-refractivity contribution >= 4 is 0 Å². The van der Waals surface area contributed by atoms with E-state index in [1.807, 2.05) is 0 Å². The number of hydrogen-bond donors (Lipinski definition) is 1. The van der Waals surface area contributed by atoms with Crippen molar-refractivity contribution in [1.82, 2.24) is 0 Å². The number of likely N-dealkylation sites (N-methyl/N-ethyl adjacent to an activating group) is 1. The van der Waals surface area contributed by atoms with E-state index in [9.17, 15) is 0 Å². The summed E-state index contributed by atoms with van der Waals surface area (Å²) in [7, 11) is 2.23. The Balaban J connectivity index is 2.55. The first-order chi connectivity index (χ1) is 3.72. The van der Waals surface area contributed by atoms with Gasteiger partial charge in [-0.1, -0.05) is 0 Å². The monoisotopic (exact) mass is 112 g/mol. The normalized spacial score (nSPS) is 45.6. The molecule has 1 nitrogen and oxygen atoms in total. The molecule has 1 rings (SSSR count). The SMILES string of the molecule is CC1C=CC(C)[NH+]1C. The van der Waals surface area contributed by atoms with E-state index in [-0.39, 0.29) is 0 Å². The van der Waals surface area contributed by atoms with Crippen molar-refractivity contribution in [3.05, 3.63) is 12.2 Å². The van der Waals surface area contributed by atoms with Gasteiger partial charge in [0.25, 0.3) is 0 Å². The molecule has 0 bridgehead atoms. The van der Waals surface area contributed by atoms with Crippen LogP contribution in [0.25, 0.3) is 0 Å². The Morgan fingerprint density at radius 3 is 1.62 bits per heavy atom. The molecule has 0 aromatic heterocycles. The summed E-state index contributed by atoms with van der Waals surface area (Å²) in [6, 6.07) is 1.45. The zero-order valence-corrected chi connectivity index (χ0v) is 5.81. The first-order valence-electron chi connectivity index (χ1n) is 3.23. The zero-order valence-electron chi connectivity index (χ0n) is 5.81. The molecule has 0 fully saturated rings. The van der Waals surface area contributed by atoms with Crippen LogP contribution in [0.15, 0.2) is 12.2 Å². The molecule has 0 aromatic carbocycles. The average molecular weight is 112 g/mol. The van der Waals surface area contributed by atoms with Gasteiger partial charge in [0, 0.05) is 0 Å². The smallest absolute Gasteiger partial charge is 0.104 e. The highest BCUT2D eigenvalue weighted by Crippen LogP contribution is 1.91. The second-order valence-electron chi connectivity index (χ2n) is 2.71. The summed E-state index contributed by atoms with van der Waals surface area (Å²) in [5.74, 6) is 0. The summed E-state index contributed by atoms with van der Waals surface area (Å²) < 4.78 is 0. The van der Waals surface area contributed by atoms with Crippen molar-refractivity contribution < 1.29 is 4.90 Å². The summed E-state index contributed by atoms with van der Waals surface area (Å²) in [5.41, 5.74) is 0. The maximum Gasteiger partial charge on any atom is 0.104 e. The summed E-state index contributed by atoms with van der Waals surface area (Å²) in [5, 5.41) is 0. The maximum absolute atomic E-state index is 2.28. The van der Waals surface area contributed by atoms with E-state index in [1.165, 1.54) is 0 Å². The molecule has 8 heavy (non-hydrogen) atoms. The van der Waals surface area contributed by atoms with Gasteiger partial charge < -0.3 is 4.90 Å². The van der Waals surface area contributed by atoms with Crippen LogP contribution in [0, 0.1) is 0 Å². The van der Waals surface area contributed by atoms with E-state index in [2.05, 4.69) is 33.0 Å². The topological polar surface area (TPSA) is 4.44 Å². The van der Waals surface area contributed by atoms with Crippen molar-refractivity contribution in [3.63, 3.8) is 0 Å². The van der Waals surface area contributed by atoms with E-state index >= 15 is 0 Å².